The van der Waals surface area contributed by atoms with Gasteiger partial charge < -0.3 is 9.72 Å². The average molecular weight is 261 g/mol. The van der Waals surface area contributed by atoms with Gasteiger partial charge in [0.15, 0.2) is 5.56 Å². The normalized spacial score (nSPS) is 12.1. The molecule has 0 saturated heterocycles. The minimum Gasteiger partial charge on any atom is -0.441 e. The molecule has 1 aromatic rings. The number of aromatic nitrogens is 2. The minimum atomic E-state index is -0.815. The molecule has 1 aromatic heterocycles. The lowest BCUT2D eigenvalue weighted by atomic mass is 10.3. The Morgan fingerprint density at radius 2 is 2.18 bits per heavy atom. The second-order valence-corrected chi connectivity index (χ2v) is 3.95. The fourth-order valence-electron chi connectivity index (χ4n) is 1.18. The number of halogens is 1. The van der Waals surface area contributed by atoms with Crippen molar-refractivity contribution in [3.8, 4) is 0 Å². The lowest BCUT2D eigenvalue weighted by Gasteiger charge is -2.09. The van der Waals surface area contributed by atoms with Crippen molar-refractivity contribution in [1.29, 1.82) is 0 Å². The molecule has 0 aliphatic carbocycles. The summed E-state index contributed by atoms with van der Waals surface area (Å²) in [5.41, 5.74) is -2.39. The quantitative estimate of drug-likeness (QED) is 0.610. The largest absolute Gasteiger partial charge is 0.441 e. The number of carbonyl (C=O) groups excluding carboxylic acids is 1. The standard InChI is InChI=1S/C10H13ClN2O4/c1-2-3-4-7(11)17-9(15)6-5-8(14)13-10(16)12-6/h5,7H,2-4H2,1H3,(H2,12,13,14,16). The Bertz CT molecular complexity index is 465. The molecule has 1 heterocycles. The number of nitrogens with one attached hydrogen (secondary N) is 2. The number of ether oxygens (including phenoxy) is 1. The summed E-state index contributed by atoms with van der Waals surface area (Å²) in [4.78, 5) is 37.5. The van der Waals surface area contributed by atoms with E-state index in [-0.39, 0.29) is 5.69 Å². The van der Waals surface area contributed by atoms with E-state index in [0.29, 0.717) is 6.42 Å². The third kappa shape index (κ3) is 4.44. The zero-order valence-electron chi connectivity index (χ0n) is 9.29. The molecule has 0 aromatic carbocycles. The summed E-state index contributed by atoms with van der Waals surface area (Å²) in [5.74, 6) is -0.815. The molecule has 1 atom stereocenters. The van der Waals surface area contributed by atoms with Gasteiger partial charge in [0.2, 0.25) is 0 Å². The molecule has 0 bridgehead atoms. The molecule has 0 amide bonds. The van der Waals surface area contributed by atoms with Gasteiger partial charge in [-0.25, -0.2) is 9.59 Å². The number of rotatable bonds is 5. The van der Waals surface area contributed by atoms with Crippen molar-refractivity contribution in [1.82, 2.24) is 9.97 Å². The van der Waals surface area contributed by atoms with Crippen molar-refractivity contribution in [3.63, 3.8) is 0 Å². The van der Waals surface area contributed by atoms with Crippen LogP contribution in [0.1, 0.15) is 36.7 Å². The number of H-pyrrole nitrogens is 2. The van der Waals surface area contributed by atoms with Gasteiger partial charge in [-0.2, -0.15) is 0 Å². The summed E-state index contributed by atoms with van der Waals surface area (Å²) in [5, 5.41) is 0. The molecule has 0 saturated carbocycles. The molecule has 7 heteroatoms. The number of alkyl halides is 1. The molecule has 0 spiro atoms. The van der Waals surface area contributed by atoms with Crippen molar-refractivity contribution < 1.29 is 9.53 Å². The van der Waals surface area contributed by atoms with Gasteiger partial charge in [-0.1, -0.05) is 24.9 Å². The first kappa shape index (κ1) is 13.5. The smallest absolute Gasteiger partial charge is 0.356 e. The first-order valence-electron chi connectivity index (χ1n) is 5.21. The lowest BCUT2D eigenvalue weighted by Crippen LogP contribution is -2.26. The molecule has 1 rings (SSSR count). The molecule has 0 aliphatic rings. The first-order chi connectivity index (χ1) is 8.02. The van der Waals surface area contributed by atoms with Gasteiger partial charge in [0.1, 0.15) is 5.69 Å². The minimum absolute atomic E-state index is 0.208. The van der Waals surface area contributed by atoms with E-state index in [1.165, 1.54) is 0 Å². The number of hydrogen-bond donors (Lipinski definition) is 2. The number of carbonyl (C=O) groups is 1. The zero-order valence-corrected chi connectivity index (χ0v) is 10.0. The van der Waals surface area contributed by atoms with Crippen LogP contribution in [0.3, 0.4) is 0 Å². The fraction of sp³-hybridized carbons (Fsp3) is 0.500. The molecule has 0 fully saturated rings. The predicted molar refractivity (Wildman–Crippen MR) is 62.3 cm³/mol. The van der Waals surface area contributed by atoms with Gasteiger partial charge in [0.25, 0.3) is 5.56 Å². The Labute approximate surface area is 102 Å². The van der Waals surface area contributed by atoms with E-state index < -0.39 is 22.8 Å². The summed E-state index contributed by atoms with van der Waals surface area (Å²) in [6, 6.07) is 0.952. The summed E-state index contributed by atoms with van der Waals surface area (Å²) >= 11 is 5.76. The SMILES string of the molecule is CCCCC(Cl)OC(=O)c1cc(=O)[nH]c(=O)[nH]1. The molecule has 94 valence electrons. The number of esters is 1. The Hall–Kier alpha value is -1.56. The van der Waals surface area contributed by atoms with Crippen LogP contribution in [0.25, 0.3) is 0 Å². The van der Waals surface area contributed by atoms with Crippen LogP contribution in [0.4, 0.5) is 0 Å². The Balaban J connectivity index is 2.70. The van der Waals surface area contributed by atoms with Crippen LogP contribution in [0, 0.1) is 0 Å². The maximum Gasteiger partial charge on any atom is 0.356 e. The van der Waals surface area contributed by atoms with Gasteiger partial charge in [-0.15, -0.1) is 0 Å². The molecule has 2 N–H and O–H groups in total. The zero-order chi connectivity index (χ0) is 12.8. The second kappa shape index (κ2) is 6.24. The van der Waals surface area contributed by atoms with Crippen molar-refractivity contribution in [3.05, 3.63) is 32.6 Å². The van der Waals surface area contributed by atoms with Crippen molar-refractivity contribution >= 4 is 17.6 Å². The van der Waals surface area contributed by atoms with Crippen LogP contribution < -0.4 is 11.2 Å². The molecule has 1 unspecified atom stereocenters. The van der Waals surface area contributed by atoms with E-state index in [0.717, 1.165) is 18.9 Å². The van der Waals surface area contributed by atoms with Gasteiger partial charge in [0.05, 0.1) is 0 Å². The Morgan fingerprint density at radius 3 is 2.76 bits per heavy atom. The van der Waals surface area contributed by atoms with Crippen LogP contribution >= 0.6 is 11.6 Å². The van der Waals surface area contributed by atoms with Gasteiger partial charge in [-0.05, 0) is 12.8 Å². The van der Waals surface area contributed by atoms with E-state index >= 15 is 0 Å². The highest BCUT2D eigenvalue weighted by atomic mass is 35.5. The highest BCUT2D eigenvalue weighted by molar-refractivity contribution is 6.20. The van der Waals surface area contributed by atoms with Gasteiger partial charge in [-0.3, -0.25) is 9.78 Å². The first-order valence-corrected chi connectivity index (χ1v) is 5.65. The topological polar surface area (TPSA) is 92.0 Å². The van der Waals surface area contributed by atoms with E-state index in [1.807, 2.05) is 11.9 Å². The number of unbranched alkanes of at least 4 members (excludes halogenated alkanes) is 1. The monoisotopic (exact) mass is 260 g/mol. The molecular formula is C10H13ClN2O4. The molecule has 0 radical (unpaired) electrons. The van der Waals surface area contributed by atoms with Gasteiger partial charge >= 0.3 is 11.7 Å². The Kier molecular flexibility index (Phi) is 4.96. The molecular weight excluding hydrogens is 248 g/mol. The van der Waals surface area contributed by atoms with Crippen LogP contribution in [0.2, 0.25) is 0 Å². The third-order valence-electron chi connectivity index (χ3n) is 2.00. The van der Waals surface area contributed by atoms with E-state index in [1.54, 1.807) is 0 Å². The summed E-state index contributed by atoms with van der Waals surface area (Å²) < 4.78 is 4.85. The van der Waals surface area contributed by atoms with Crippen LogP contribution in [0.5, 0.6) is 0 Å². The molecule has 0 aliphatic heterocycles. The molecule has 17 heavy (non-hydrogen) atoms. The number of hydrogen-bond acceptors (Lipinski definition) is 4. The van der Waals surface area contributed by atoms with Crippen molar-refractivity contribution in [2.45, 2.75) is 31.7 Å². The maximum atomic E-state index is 11.5. The highest BCUT2D eigenvalue weighted by Crippen LogP contribution is 2.10. The predicted octanol–water partition coefficient (Wildman–Crippen LogP) is 0.975. The van der Waals surface area contributed by atoms with Crippen LogP contribution in [-0.2, 0) is 4.74 Å². The maximum absolute atomic E-state index is 11.5. The lowest BCUT2D eigenvalue weighted by molar-refractivity contribution is 0.0426. The van der Waals surface area contributed by atoms with Crippen molar-refractivity contribution in [2.75, 3.05) is 0 Å². The van der Waals surface area contributed by atoms with Crippen LogP contribution in [-0.4, -0.2) is 21.5 Å². The van der Waals surface area contributed by atoms with Crippen molar-refractivity contribution in [2.24, 2.45) is 0 Å². The summed E-state index contributed by atoms with van der Waals surface area (Å²) in [6.07, 6.45) is 2.28. The summed E-state index contributed by atoms with van der Waals surface area (Å²) in [7, 11) is 0. The van der Waals surface area contributed by atoms with Crippen LogP contribution in [0.15, 0.2) is 15.7 Å². The average Bonchev–Trinajstić information content (AvgIpc) is 2.25. The highest BCUT2D eigenvalue weighted by Gasteiger charge is 2.14. The van der Waals surface area contributed by atoms with Gasteiger partial charge in [0, 0.05) is 6.07 Å². The van der Waals surface area contributed by atoms with E-state index in [4.69, 9.17) is 16.3 Å². The van der Waals surface area contributed by atoms with E-state index in [9.17, 15) is 14.4 Å². The Morgan fingerprint density at radius 1 is 1.47 bits per heavy atom. The summed E-state index contributed by atoms with van der Waals surface area (Å²) in [6.45, 7) is 1.99. The fourth-order valence-corrected chi connectivity index (χ4v) is 1.42. The van der Waals surface area contributed by atoms with E-state index in [2.05, 4.69) is 4.98 Å². The second-order valence-electron chi connectivity index (χ2n) is 3.46. The molecule has 6 nitrogen and oxygen atoms in total. The number of aromatic amines is 2. The third-order valence-corrected chi connectivity index (χ3v) is 2.31.